The molecule has 21 heavy (non-hydrogen) atoms. The molecule has 0 saturated heterocycles. The number of carbonyl (C=O) groups is 1. The summed E-state index contributed by atoms with van der Waals surface area (Å²) in [4.78, 5) is 24.9. The monoisotopic (exact) mass is 306 g/mol. The second kappa shape index (κ2) is 6.87. The van der Waals surface area contributed by atoms with Crippen LogP contribution in [0, 0.1) is 13.8 Å². The van der Waals surface area contributed by atoms with Gasteiger partial charge in [0.2, 0.25) is 0 Å². The Morgan fingerprint density at radius 3 is 2.62 bits per heavy atom. The highest BCUT2D eigenvalue weighted by Crippen LogP contribution is 2.19. The van der Waals surface area contributed by atoms with E-state index in [9.17, 15) is 4.79 Å². The van der Waals surface area contributed by atoms with Crippen LogP contribution in [-0.2, 0) is 6.54 Å². The fraction of sp³-hybridized carbons (Fsp3) is 0.467. The van der Waals surface area contributed by atoms with Crippen LogP contribution >= 0.6 is 11.3 Å². The van der Waals surface area contributed by atoms with Gasteiger partial charge in [-0.05, 0) is 45.0 Å². The molecule has 1 N–H and O–H groups in total. The van der Waals surface area contributed by atoms with Gasteiger partial charge in [-0.3, -0.25) is 4.79 Å². The van der Waals surface area contributed by atoms with Gasteiger partial charge in [0.25, 0.3) is 5.91 Å². The Morgan fingerprint density at radius 2 is 2.10 bits per heavy atom. The summed E-state index contributed by atoms with van der Waals surface area (Å²) in [7, 11) is 4.03. The molecule has 2 aromatic rings. The van der Waals surface area contributed by atoms with Crippen molar-refractivity contribution in [3.05, 3.63) is 39.6 Å². The molecule has 0 saturated carbocycles. The largest absolute Gasteiger partial charge is 0.348 e. The second-order valence-corrected chi connectivity index (χ2v) is 6.35. The smallest absolute Gasteiger partial charge is 0.264 e. The van der Waals surface area contributed by atoms with Crippen molar-refractivity contribution in [1.82, 2.24) is 19.8 Å². The van der Waals surface area contributed by atoms with Crippen LogP contribution in [0.25, 0.3) is 0 Å². The summed E-state index contributed by atoms with van der Waals surface area (Å²) in [5.74, 6) is 0.0896. The third-order valence-corrected chi connectivity index (χ3v) is 4.44. The first-order valence-corrected chi connectivity index (χ1v) is 7.84. The van der Waals surface area contributed by atoms with Gasteiger partial charge in [-0.1, -0.05) is 0 Å². The van der Waals surface area contributed by atoms with Crippen LogP contribution < -0.4 is 0 Å². The number of hydrogen-bond donors (Lipinski definition) is 1. The number of nitrogens with one attached hydrogen (secondary N) is 1. The summed E-state index contributed by atoms with van der Waals surface area (Å²) in [6.07, 6.45) is 1.68. The third kappa shape index (κ3) is 3.92. The van der Waals surface area contributed by atoms with Crippen molar-refractivity contribution in [3.63, 3.8) is 0 Å². The van der Waals surface area contributed by atoms with Gasteiger partial charge in [0, 0.05) is 18.8 Å². The average molecular weight is 306 g/mol. The number of aryl methyl sites for hydroxylation is 2. The number of carbonyl (C=O) groups excluding carboxylic acids is 1. The number of hydrogen-bond acceptors (Lipinski definition) is 4. The highest BCUT2D eigenvalue weighted by Gasteiger charge is 2.20. The van der Waals surface area contributed by atoms with Gasteiger partial charge in [-0.15, -0.1) is 11.3 Å². The molecule has 0 aliphatic rings. The van der Waals surface area contributed by atoms with Crippen LogP contribution in [0.1, 0.15) is 26.6 Å². The van der Waals surface area contributed by atoms with E-state index >= 15 is 0 Å². The Kier molecular flexibility index (Phi) is 5.14. The van der Waals surface area contributed by atoms with Gasteiger partial charge in [-0.25, -0.2) is 4.98 Å². The number of aromatic nitrogens is 2. The molecule has 2 rings (SSSR count). The Labute approximate surface area is 129 Å². The Hall–Kier alpha value is -1.66. The SMILES string of the molecule is Cc1ccsc1C(=O)N(CCN(C)C)Cc1nc[nH]c1C. The lowest BCUT2D eigenvalue weighted by Gasteiger charge is -2.24. The van der Waals surface area contributed by atoms with Crippen molar-refractivity contribution in [1.29, 1.82) is 0 Å². The number of thiophene rings is 1. The predicted molar refractivity (Wildman–Crippen MR) is 85.7 cm³/mol. The second-order valence-electron chi connectivity index (χ2n) is 5.44. The van der Waals surface area contributed by atoms with Crippen LogP contribution in [-0.4, -0.2) is 52.9 Å². The standard InChI is InChI=1S/C15H22N4OS/c1-11-5-8-21-14(11)15(20)19(7-6-18(3)4)9-13-12(2)16-10-17-13/h5,8,10H,6-7,9H2,1-4H3,(H,16,17). The van der Waals surface area contributed by atoms with Gasteiger partial charge >= 0.3 is 0 Å². The van der Waals surface area contributed by atoms with Crippen LogP contribution in [0.3, 0.4) is 0 Å². The molecule has 0 aromatic carbocycles. The van der Waals surface area contributed by atoms with Crippen molar-refractivity contribution >= 4 is 17.2 Å². The van der Waals surface area contributed by atoms with Crippen LogP contribution in [0.15, 0.2) is 17.8 Å². The maximum atomic E-state index is 12.8. The molecule has 0 unspecified atom stereocenters. The summed E-state index contributed by atoms with van der Waals surface area (Å²) >= 11 is 1.50. The molecule has 0 bridgehead atoms. The number of likely N-dealkylation sites (N-methyl/N-ethyl adjacent to an activating group) is 1. The summed E-state index contributed by atoms with van der Waals surface area (Å²) < 4.78 is 0. The molecule has 2 aromatic heterocycles. The lowest BCUT2D eigenvalue weighted by molar-refractivity contribution is 0.0734. The lowest BCUT2D eigenvalue weighted by Crippen LogP contribution is -2.36. The normalized spacial score (nSPS) is 11.1. The van der Waals surface area contributed by atoms with Gasteiger partial charge in [-0.2, -0.15) is 0 Å². The lowest BCUT2D eigenvalue weighted by atomic mass is 10.2. The number of rotatable bonds is 6. The third-order valence-electron chi connectivity index (χ3n) is 3.44. The molecule has 0 fully saturated rings. The molecule has 6 heteroatoms. The van der Waals surface area contributed by atoms with Gasteiger partial charge in [0.15, 0.2) is 0 Å². The molecule has 1 amide bonds. The van der Waals surface area contributed by atoms with Gasteiger partial charge in [0.1, 0.15) is 0 Å². The number of amides is 1. The summed E-state index contributed by atoms with van der Waals surface area (Å²) in [5, 5.41) is 1.96. The summed E-state index contributed by atoms with van der Waals surface area (Å²) in [6.45, 7) is 6.02. The summed E-state index contributed by atoms with van der Waals surface area (Å²) in [6, 6.07) is 1.99. The van der Waals surface area contributed by atoms with Crippen LogP contribution in [0.4, 0.5) is 0 Å². The molecule has 0 aliphatic heterocycles. The average Bonchev–Trinajstić information content (AvgIpc) is 3.02. The maximum absolute atomic E-state index is 12.8. The van der Waals surface area contributed by atoms with E-state index < -0.39 is 0 Å². The minimum Gasteiger partial charge on any atom is -0.348 e. The minimum atomic E-state index is 0.0896. The highest BCUT2D eigenvalue weighted by molar-refractivity contribution is 7.12. The number of imidazole rings is 1. The van der Waals surface area contributed by atoms with E-state index in [0.717, 1.165) is 28.4 Å². The fourth-order valence-electron chi connectivity index (χ4n) is 2.04. The van der Waals surface area contributed by atoms with Crippen molar-refractivity contribution in [2.75, 3.05) is 27.2 Å². The van der Waals surface area contributed by atoms with E-state index in [0.29, 0.717) is 13.1 Å². The number of nitrogens with zero attached hydrogens (tertiary/aromatic N) is 3. The zero-order chi connectivity index (χ0) is 15.4. The zero-order valence-electron chi connectivity index (χ0n) is 13.0. The summed E-state index contributed by atoms with van der Waals surface area (Å²) in [5.41, 5.74) is 2.98. The molecule has 0 aliphatic carbocycles. The van der Waals surface area contributed by atoms with E-state index in [4.69, 9.17) is 0 Å². The molecular weight excluding hydrogens is 284 g/mol. The molecule has 5 nitrogen and oxygen atoms in total. The van der Waals surface area contributed by atoms with Crippen molar-refractivity contribution in [3.8, 4) is 0 Å². The van der Waals surface area contributed by atoms with Gasteiger partial charge in [0.05, 0.1) is 23.4 Å². The van der Waals surface area contributed by atoms with E-state index in [1.165, 1.54) is 11.3 Å². The van der Waals surface area contributed by atoms with E-state index in [1.54, 1.807) is 6.33 Å². The van der Waals surface area contributed by atoms with Crippen molar-refractivity contribution in [2.24, 2.45) is 0 Å². The first-order valence-electron chi connectivity index (χ1n) is 6.96. The molecule has 2 heterocycles. The zero-order valence-corrected chi connectivity index (χ0v) is 13.8. The quantitative estimate of drug-likeness (QED) is 0.891. The Balaban J connectivity index is 2.17. The van der Waals surface area contributed by atoms with Crippen molar-refractivity contribution < 1.29 is 4.79 Å². The molecule has 0 spiro atoms. The van der Waals surface area contributed by atoms with E-state index in [2.05, 4.69) is 14.9 Å². The Bertz CT molecular complexity index is 602. The van der Waals surface area contributed by atoms with Gasteiger partial charge < -0.3 is 14.8 Å². The molecular formula is C15H22N4OS. The van der Waals surface area contributed by atoms with Crippen LogP contribution in [0.2, 0.25) is 0 Å². The number of H-pyrrole nitrogens is 1. The van der Waals surface area contributed by atoms with Crippen molar-refractivity contribution in [2.45, 2.75) is 20.4 Å². The van der Waals surface area contributed by atoms with Crippen LogP contribution in [0.5, 0.6) is 0 Å². The Morgan fingerprint density at radius 1 is 1.33 bits per heavy atom. The maximum Gasteiger partial charge on any atom is 0.264 e. The van der Waals surface area contributed by atoms with E-state index in [1.807, 2.05) is 44.3 Å². The molecule has 0 atom stereocenters. The predicted octanol–water partition coefficient (Wildman–Crippen LogP) is 2.29. The minimum absolute atomic E-state index is 0.0896. The molecule has 114 valence electrons. The molecule has 0 radical (unpaired) electrons. The van der Waals surface area contributed by atoms with E-state index in [-0.39, 0.29) is 5.91 Å². The first-order chi connectivity index (χ1) is 9.99. The fourth-order valence-corrected chi connectivity index (χ4v) is 2.93. The topological polar surface area (TPSA) is 52.2 Å². The first kappa shape index (κ1) is 15.7. The number of aromatic amines is 1. The highest BCUT2D eigenvalue weighted by atomic mass is 32.1.